The molecule has 1 aromatic carbocycles. The van der Waals surface area contributed by atoms with E-state index in [1.54, 1.807) is 12.3 Å². The number of aryl methyl sites for hydroxylation is 1. The Morgan fingerprint density at radius 2 is 2.21 bits per heavy atom. The molecule has 1 amide bonds. The quantitative estimate of drug-likeness (QED) is 0.781. The Labute approximate surface area is 110 Å². The van der Waals surface area contributed by atoms with Crippen molar-refractivity contribution in [2.24, 2.45) is 7.05 Å². The molecule has 96 valence electrons. The molecule has 0 atom stereocenters. The molecule has 0 aliphatic carbocycles. The van der Waals surface area contributed by atoms with Crippen LogP contribution in [-0.2, 0) is 13.6 Å². The summed E-state index contributed by atoms with van der Waals surface area (Å²) < 4.78 is 7.20. The van der Waals surface area contributed by atoms with Crippen LogP contribution in [0.1, 0.15) is 16.1 Å². The lowest BCUT2D eigenvalue weighted by Crippen LogP contribution is -2.22. The summed E-state index contributed by atoms with van der Waals surface area (Å²) in [7, 11) is 1.99. The van der Waals surface area contributed by atoms with E-state index in [0.717, 1.165) is 16.7 Å². The van der Waals surface area contributed by atoms with Crippen molar-refractivity contribution in [3.05, 3.63) is 60.2 Å². The molecule has 0 radical (unpaired) electrons. The fraction of sp³-hybridized carbons (Fsp3) is 0.133. The molecule has 2 heterocycles. The van der Waals surface area contributed by atoms with E-state index < -0.39 is 0 Å². The number of nitrogens with zero attached hydrogens (tertiary/aromatic N) is 1. The van der Waals surface area contributed by atoms with Crippen molar-refractivity contribution in [3.63, 3.8) is 0 Å². The van der Waals surface area contributed by atoms with Gasteiger partial charge in [-0.25, -0.2) is 0 Å². The number of rotatable bonds is 3. The number of benzene rings is 1. The largest absolute Gasteiger partial charge is 0.467 e. The van der Waals surface area contributed by atoms with E-state index in [2.05, 4.69) is 5.32 Å². The van der Waals surface area contributed by atoms with Gasteiger partial charge in [0.1, 0.15) is 5.76 Å². The first-order valence-corrected chi connectivity index (χ1v) is 6.10. The van der Waals surface area contributed by atoms with Crippen LogP contribution in [0, 0.1) is 0 Å². The number of aromatic nitrogens is 1. The van der Waals surface area contributed by atoms with Gasteiger partial charge in [-0.3, -0.25) is 4.79 Å². The third-order valence-corrected chi connectivity index (χ3v) is 3.15. The minimum Gasteiger partial charge on any atom is -0.467 e. The SMILES string of the molecule is Cn1ccc2cc(C(=O)NCc3ccco3)ccc21. The fourth-order valence-corrected chi connectivity index (χ4v) is 2.11. The molecule has 0 bridgehead atoms. The molecule has 1 N–H and O–H groups in total. The molecule has 0 aliphatic rings. The van der Waals surface area contributed by atoms with Gasteiger partial charge < -0.3 is 14.3 Å². The standard InChI is InChI=1S/C15H14N2O2/c1-17-7-6-11-9-12(4-5-14(11)17)15(18)16-10-13-3-2-8-19-13/h2-9H,10H2,1H3,(H,16,18). The summed E-state index contributed by atoms with van der Waals surface area (Å²) in [6, 6.07) is 11.3. The zero-order valence-corrected chi connectivity index (χ0v) is 10.6. The summed E-state index contributed by atoms with van der Waals surface area (Å²) in [6.45, 7) is 0.401. The van der Waals surface area contributed by atoms with Gasteiger partial charge >= 0.3 is 0 Å². The number of fused-ring (bicyclic) bond motifs is 1. The van der Waals surface area contributed by atoms with Crippen LogP contribution in [0.2, 0.25) is 0 Å². The Morgan fingerprint density at radius 3 is 3.00 bits per heavy atom. The molecule has 0 saturated carbocycles. The average molecular weight is 254 g/mol. The Morgan fingerprint density at radius 1 is 1.32 bits per heavy atom. The highest BCUT2D eigenvalue weighted by molar-refractivity contribution is 5.98. The second-order valence-corrected chi connectivity index (χ2v) is 4.46. The smallest absolute Gasteiger partial charge is 0.251 e. The molecule has 0 aliphatic heterocycles. The normalized spacial score (nSPS) is 10.8. The lowest BCUT2D eigenvalue weighted by atomic mass is 10.1. The molecule has 0 saturated heterocycles. The lowest BCUT2D eigenvalue weighted by Gasteiger charge is -2.04. The molecule has 0 fully saturated rings. The second-order valence-electron chi connectivity index (χ2n) is 4.46. The van der Waals surface area contributed by atoms with Crippen molar-refractivity contribution < 1.29 is 9.21 Å². The van der Waals surface area contributed by atoms with E-state index in [4.69, 9.17) is 4.42 Å². The van der Waals surface area contributed by atoms with Gasteiger partial charge in [-0.2, -0.15) is 0 Å². The van der Waals surface area contributed by atoms with Crippen molar-refractivity contribution in [1.82, 2.24) is 9.88 Å². The molecule has 4 nitrogen and oxygen atoms in total. The van der Waals surface area contributed by atoms with E-state index in [1.165, 1.54) is 0 Å². The zero-order valence-electron chi connectivity index (χ0n) is 10.6. The molecule has 19 heavy (non-hydrogen) atoms. The summed E-state index contributed by atoms with van der Waals surface area (Å²) >= 11 is 0. The first kappa shape index (κ1) is 11.6. The first-order chi connectivity index (χ1) is 9.24. The molecule has 3 aromatic rings. The van der Waals surface area contributed by atoms with Crippen LogP contribution in [-0.4, -0.2) is 10.5 Å². The molecule has 4 heteroatoms. The average Bonchev–Trinajstić information content (AvgIpc) is 3.06. The summed E-state index contributed by atoms with van der Waals surface area (Å²) in [5, 5.41) is 3.90. The number of amides is 1. The number of carbonyl (C=O) groups is 1. The maximum Gasteiger partial charge on any atom is 0.251 e. The fourth-order valence-electron chi connectivity index (χ4n) is 2.11. The molecule has 0 spiro atoms. The topological polar surface area (TPSA) is 47.2 Å². The van der Waals surface area contributed by atoms with Gasteiger partial charge in [0, 0.05) is 29.7 Å². The van der Waals surface area contributed by atoms with Crippen molar-refractivity contribution in [3.8, 4) is 0 Å². The van der Waals surface area contributed by atoms with E-state index in [-0.39, 0.29) is 5.91 Å². The van der Waals surface area contributed by atoms with Crippen molar-refractivity contribution in [1.29, 1.82) is 0 Å². The van der Waals surface area contributed by atoms with Crippen LogP contribution in [0.5, 0.6) is 0 Å². The van der Waals surface area contributed by atoms with E-state index >= 15 is 0 Å². The molecule has 2 aromatic heterocycles. The predicted octanol–water partition coefficient (Wildman–Crippen LogP) is 2.70. The van der Waals surface area contributed by atoms with Gasteiger partial charge in [0.25, 0.3) is 5.91 Å². The van der Waals surface area contributed by atoms with Crippen molar-refractivity contribution in [2.75, 3.05) is 0 Å². The Bertz CT molecular complexity index is 711. The van der Waals surface area contributed by atoms with Crippen LogP contribution in [0.25, 0.3) is 10.9 Å². The third kappa shape index (κ3) is 2.25. The molecular weight excluding hydrogens is 240 g/mol. The van der Waals surface area contributed by atoms with Crippen LogP contribution < -0.4 is 5.32 Å². The molecule has 0 unspecified atom stereocenters. The number of hydrogen-bond donors (Lipinski definition) is 1. The zero-order chi connectivity index (χ0) is 13.2. The summed E-state index contributed by atoms with van der Waals surface area (Å²) in [4.78, 5) is 12.0. The Kier molecular flexibility index (Phi) is 2.83. The predicted molar refractivity (Wildman–Crippen MR) is 72.8 cm³/mol. The molecule has 3 rings (SSSR count). The highest BCUT2D eigenvalue weighted by atomic mass is 16.3. The van der Waals surface area contributed by atoms with Crippen LogP contribution >= 0.6 is 0 Å². The van der Waals surface area contributed by atoms with Gasteiger partial charge in [-0.05, 0) is 36.4 Å². The van der Waals surface area contributed by atoms with Crippen molar-refractivity contribution >= 4 is 16.8 Å². The minimum absolute atomic E-state index is 0.0952. The van der Waals surface area contributed by atoms with Crippen molar-refractivity contribution in [2.45, 2.75) is 6.54 Å². The second kappa shape index (κ2) is 4.65. The van der Waals surface area contributed by atoms with E-state index in [9.17, 15) is 4.79 Å². The summed E-state index contributed by atoms with van der Waals surface area (Å²) in [5.41, 5.74) is 1.77. The highest BCUT2D eigenvalue weighted by Crippen LogP contribution is 2.16. The number of furan rings is 1. The third-order valence-electron chi connectivity index (χ3n) is 3.15. The monoisotopic (exact) mass is 254 g/mol. The van der Waals surface area contributed by atoms with Crippen LogP contribution in [0.15, 0.2) is 53.3 Å². The first-order valence-electron chi connectivity index (χ1n) is 6.10. The van der Waals surface area contributed by atoms with Gasteiger partial charge in [0.2, 0.25) is 0 Å². The van der Waals surface area contributed by atoms with Crippen LogP contribution in [0.4, 0.5) is 0 Å². The van der Waals surface area contributed by atoms with Crippen LogP contribution in [0.3, 0.4) is 0 Å². The molecular formula is C15H14N2O2. The summed E-state index contributed by atoms with van der Waals surface area (Å²) in [6.07, 6.45) is 3.58. The number of carbonyl (C=O) groups excluding carboxylic acids is 1. The maximum absolute atomic E-state index is 12.0. The van der Waals surface area contributed by atoms with Gasteiger partial charge in [0.15, 0.2) is 0 Å². The number of hydrogen-bond acceptors (Lipinski definition) is 2. The number of nitrogens with one attached hydrogen (secondary N) is 1. The Hall–Kier alpha value is -2.49. The van der Waals surface area contributed by atoms with Gasteiger partial charge in [-0.15, -0.1) is 0 Å². The maximum atomic E-state index is 12.0. The Balaban J connectivity index is 1.77. The summed E-state index contributed by atoms with van der Waals surface area (Å²) in [5.74, 6) is 0.649. The van der Waals surface area contributed by atoms with E-state index in [0.29, 0.717) is 12.1 Å². The van der Waals surface area contributed by atoms with Gasteiger partial charge in [0.05, 0.1) is 12.8 Å². The minimum atomic E-state index is -0.0952. The highest BCUT2D eigenvalue weighted by Gasteiger charge is 2.08. The van der Waals surface area contributed by atoms with E-state index in [1.807, 2.05) is 48.1 Å². The lowest BCUT2D eigenvalue weighted by molar-refractivity contribution is 0.0948. The van der Waals surface area contributed by atoms with Gasteiger partial charge in [-0.1, -0.05) is 0 Å².